The second-order valence-corrected chi connectivity index (χ2v) is 25.5. The Morgan fingerprint density at radius 2 is 0.842 bits per heavy atom. The fourth-order valence-corrected chi connectivity index (χ4v) is 12.7. The van der Waals surface area contributed by atoms with E-state index >= 15 is 0 Å². The molecule has 26 heteroatoms. The van der Waals surface area contributed by atoms with Crippen molar-refractivity contribution in [3.63, 3.8) is 0 Å². The normalized spacial score (nSPS) is 14.9. The second kappa shape index (κ2) is 28.2. The lowest BCUT2D eigenvalue weighted by Crippen LogP contribution is -2.46. The highest BCUT2D eigenvalue weighted by atomic mass is 35.5. The van der Waals surface area contributed by atoms with Gasteiger partial charge in [-0.25, -0.2) is 49.2 Å². The Morgan fingerprint density at radius 3 is 1.21 bits per heavy atom. The van der Waals surface area contributed by atoms with E-state index in [1.54, 1.807) is 12.4 Å². The Bertz CT molecular complexity index is 4660. The topological polar surface area (TPSA) is 234 Å². The van der Waals surface area contributed by atoms with Gasteiger partial charge < -0.3 is 45.8 Å². The van der Waals surface area contributed by atoms with Crippen LogP contribution in [-0.4, -0.2) is 176 Å². The van der Waals surface area contributed by atoms with Crippen molar-refractivity contribution < 1.29 is 4.39 Å². The molecule has 15 rings (SSSR count). The number of nitrogens with zero attached hydrogens (tertiary/aromatic N) is 20. The quantitative estimate of drug-likeness (QED) is 0.0840. The smallest absolute Gasteiger partial charge is 0.228 e. The van der Waals surface area contributed by atoms with Crippen LogP contribution in [0.25, 0.3) is 65.4 Å². The molecule has 3 fully saturated rings. The first kappa shape index (κ1) is 65.5. The first-order valence-corrected chi connectivity index (χ1v) is 32.7. The van der Waals surface area contributed by atoms with Crippen LogP contribution in [0.4, 0.5) is 56.8 Å². The molecule has 9 aromatic heterocycles. The lowest BCUT2D eigenvalue weighted by Gasteiger charge is -2.35. The molecule has 0 bridgehead atoms. The van der Waals surface area contributed by atoms with Gasteiger partial charge in [-0.15, -0.1) is 12.4 Å². The van der Waals surface area contributed by atoms with Gasteiger partial charge in [-0.3, -0.25) is 14.0 Å². The fourth-order valence-electron chi connectivity index (χ4n) is 12.7. The van der Waals surface area contributed by atoms with Crippen molar-refractivity contribution in [2.45, 2.75) is 87.4 Å². The predicted molar refractivity (Wildman–Crippen MR) is 383 cm³/mol. The van der Waals surface area contributed by atoms with Crippen molar-refractivity contribution in [1.29, 1.82) is 0 Å². The van der Waals surface area contributed by atoms with Crippen LogP contribution < -0.4 is 36.0 Å². The van der Waals surface area contributed by atoms with Crippen molar-refractivity contribution in [1.82, 2.24) is 89.3 Å². The Labute approximate surface area is 558 Å². The van der Waals surface area contributed by atoms with Gasteiger partial charge in [0.05, 0.1) is 70.8 Å². The molecule has 0 radical (unpaired) electrons. The number of piperazine rings is 3. The second-order valence-electron chi connectivity index (χ2n) is 25.5. The number of benzene rings is 3. The Hall–Kier alpha value is -9.56. The van der Waals surface area contributed by atoms with Gasteiger partial charge in [0.2, 0.25) is 17.8 Å². The van der Waals surface area contributed by atoms with Gasteiger partial charge in [-0.1, -0.05) is 6.92 Å². The molecular formula is C69H84ClFN24. The van der Waals surface area contributed by atoms with Crippen molar-refractivity contribution in [3.05, 3.63) is 127 Å². The van der Waals surface area contributed by atoms with Crippen LogP contribution in [0.5, 0.6) is 0 Å². The molecule has 0 atom stereocenters. The average Bonchev–Trinajstić information content (AvgIpc) is 1.68. The van der Waals surface area contributed by atoms with Gasteiger partial charge in [0.25, 0.3) is 0 Å². The van der Waals surface area contributed by atoms with Gasteiger partial charge in [0.1, 0.15) is 34.0 Å². The van der Waals surface area contributed by atoms with Gasteiger partial charge >= 0.3 is 0 Å². The number of anilines is 9. The summed E-state index contributed by atoms with van der Waals surface area (Å²) >= 11 is 0. The van der Waals surface area contributed by atoms with E-state index in [1.165, 1.54) is 17.2 Å². The third-order valence-corrected chi connectivity index (χ3v) is 17.9. The number of halogens is 2. The molecule has 4 N–H and O–H groups in total. The van der Waals surface area contributed by atoms with Gasteiger partial charge in [-0.05, 0) is 135 Å². The maximum atomic E-state index is 14.7. The van der Waals surface area contributed by atoms with E-state index < -0.39 is 0 Å². The van der Waals surface area contributed by atoms with E-state index in [9.17, 15) is 4.39 Å². The van der Waals surface area contributed by atoms with E-state index in [1.807, 2.05) is 74.5 Å². The number of aryl methyl sites for hydroxylation is 3. The first-order chi connectivity index (χ1) is 45.5. The number of hydrogen-bond acceptors (Lipinski definition) is 21. The number of fused-ring (bicyclic) bond motifs is 9. The number of aromatic nitrogens is 15. The minimum Gasteiger partial charge on any atom is -0.368 e. The van der Waals surface area contributed by atoms with Crippen molar-refractivity contribution in [2.75, 3.05) is 123 Å². The zero-order valence-electron chi connectivity index (χ0n) is 56.0. The summed E-state index contributed by atoms with van der Waals surface area (Å²) in [5.74, 6) is 2.98. The fraction of sp³-hybridized carbons (Fsp3) is 0.391. The average molecular weight is 1300 g/mol. The lowest BCUT2D eigenvalue weighted by molar-refractivity contribution is 0.271. The maximum Gasteiger partial charge on any atom is 0.228 e. The maximum absolute atomic E-state index is 14.7. The minimum absolute atomic E-state index is 0. The molecule has 0 aliphatic carbocycles. The molecule has 494 valence electrons. The highest BCUT2D eigenvalue weighted by Crippen LogP contribution is 2.34. The van der Waals surface area contributed by atoms with Crippen LogP contribution in [0.3, 0.4) is 0 Å². The molecule has 0 amide bonds. The molecule has 3 aromatic carbocycles. The van der Waals surface area contributed by atoms with Crippen molar-refractivity contribution in [2.24, 2.45) is 0 Å². The molecular weight excluding hydrogens is 1220 g/mol. The lowest BCUT2D eigenvalue weighted by atomic mass is 10.1. The number of hydrogen-bond donors (Lipinski definition) is 4. The summed E-state index contributed by atoms with van der Waals surface area (Å²) in [5, 5.41) is 32.9. The monoisotopic (exact) mass is 1300 g/mol. The molecule has 3 aliphatic rings. The van der Waals surface area contributed by atoms with Crippen LogP contribution in [-0.2, 0) is 0 Å². The van der Waals surface area contributed by atoms with Crippen molar-refractivity contribution in [3.8, 4) is 0 Å². The molecule has 3 aliphatic heterocycles. The van der Waals surface area contributed by atoms with Crippen LogP contribution in [0.2, 0.25) is 0 Å². The van der Waals surface area contributed by atoms with E-state index in [-0.39, 0.29) is 36.3 Å². The summed E-state index contributed by atoms with van der Waals surface area (Å²) in [6, 6.07) is 16.6. The molecule has 0 saturated carbocycles. The summed E-state index contributed by atoms with van der Waals surface area (Å²) in [7, 11) is 2.16. The number of pyridine rings is 3. The highest BCUT2D eigenvalue weighted by molar-refractivity contribution is 6.07. The molecule has 0 spiro atoms. The van der Waals surface area contributed by atoms with Crippen molar-refractivity contribution >= 4 is 130 Å². The number of likely N-dealkylation sites (N-methyl/N-ethyl adjacent to an activating group) is 2. The van der Waals surface area contributed by atoms with Gasteiger partial charge in [-0.2, -0.15) is 15.3 Å². The largest absolute Gasteiger partial charge is 0.368 e. The summed E-state index contributed by atoms with van der Waals surface area (Å²) in [4.78, 5) is 53.1. The summed E-state index contributed by atoms with van der Waals surface area (Å²) in [6.07, 6.45) is 16.7. The Balaban J connectivity index is 0.000000136. The zero-order chi connectivity index (χ0) is 65.3. The van der Waals surface area contributed by atoms with Gasteiger partial charge in [0, 0.05) is 154 Å². The summed E-state index contributed by atoms with van der Waals surface area (Å²) in [5.41, 5.74) is 12.0. The minimum atomic E-state index is -0.309. The van der Waals surface area contributed by atoms with Crippen LogP contribution in [0, 0.1) is 26.6 Å². The predicted octanol–water partition coefficient (Wildman–Crippen LogP) is 11.9. The molecule has 12 heterocycles. The molecule has 24 nitrogen and oxygen atoms in total. The van der Waals surface area contributed by atoms with E-state index in [0.717, 1.165) is 179 Å². The number of nitrogens with one attached hydrogen (secondary N) is 4. The van der Waals surface area contributed by atoms with Crippen LogP contribution in [0.1, 0.15) is 83.3 Å². The van der Waals surface area contributed by atoms with E-state index in [4.69, 9.17) is 15.0 Å². The number of rotatable bonds is 13. The van der Waals surface area contributed by atoms with E-state index in [0.29, 0.717) is 29.4 Å². The molecule has 12 aromatic rings. The molecule has 3 saturated heterocycles. The molecule has 0 unspecified atom stereocenters. The van der Waals surface area contributed by atoms with E-state index in [2.05, 4.69) is 193 Å². The third-order valence-electron chi connectivity index (χ3n) is 17.9. The summed E-state index contributed by atoms with van der Waals surface area (Å²) < 4.78 is 20.8. The summed E-state index contributed by atoms with van der Waals surface area (Å²) in [6.45, 7) is 34.0. The van der Waals surface area contributed by atoms with Crippen LogP contribution >= 0.6 is 12.4 Å². The Kier molecular flexibility index (Phi) is 19.4. The van der Waals surface area contributed by atoms with Gasteiger partial charge in [0.15, 0.2) is 5.82 Å². The molecule has 95 heavy (non-hydrogen) atoms. The highest BCUT2D eigenvalue weighted by Gasteiger charge is 2.22. The Morgan fingerprint density at radius 1 is 0.453 bits per heavy atom. The first-order valence-electron chi connectivity index (χ1n) is 32.7. The standard InChI is InChI=1S/C24H30N8.C23H28N8.C22H25FN8.ClH/c1-5-30-8-10-31(11-9-30)19-6-7-21(25-14-19)28-24-26-13-18-12-17(4)20-15-27-32(16(2)3)23(20)22(18)29-24;1-15(2)31-22-19(14-26-31)16(3)11-17-12-25-23(28-21(17)22)27-20-6-5-18(13-24-20)30-9-7-29(4)8-10-30;1-13(2)31-21-16(11-27-31)14(3)8-15-10-26-22(29-20(15)21)28-19-9-17(23)18(12-25-19)30-6-4-24-5-7-30;/h6-7,12-16H,5,8-11H2,1-4H3,(H,25,26,28,29);5-6,11-15H,7-10H2,1-4H3,(H,24,25,27,28);8-13,24H,4-7H2,1-3H3,(H,25,26,28,29);1H. The van der Waals surface area contributed by atoms with Crippen LogP contribution in [0.15, 0.2) is 104 Å². The zero-order valence-corrected chi connectivity index (χ0v) is 56.8. The SMILES string of the molecule is CCN1CCN(c2ccc(Nc3ncc4cc(C)c5cnn(C(C)C)c5c4n3)nc2)CC1.Cc1cc2cnc(Nc3cc(F)c(N4CCNCC4)cn3)nc2c2c1cnn2C(C)C.Cc1cc2cnc(Nc3ccc(N4CCN(C)CC4)cn3)nc2c2c1cnn2C(C)C.Cl. The third kappa shape index (κ3) is 13.9.